The summed E-state index contributed by atoms with van der Waals surface area (Å²) >= 11 is 0. The SMILES string of the molecule is CCN1CCN(c2ccc(F)cc2[C@@H](C)NC(=O)c2cc(O)cc(C#N)c2)CC1. The van der Waals surface area contributed by atoms with E-state index >= 15 is 0 Å². The van der Waals surface area contributed by atoms with Crippen LogP contribution in [-0.2, 0) is 0 Å². The number of anilines is 1. The lowest BCUT2D eigenvalue weighted by Crippen LogP contribution is -2.46. The van der Waals surface area contributed by atoms with E-state index in [0.29, 0.717) is 5.56 Å². The maximum Gasteiger partial charge on any atom is 0.251 e. The highest BCUT2D eigenvalue weighted by molar-refractivity contribution is 5.95. The van der Waals surface area contributed by atoms with E-state index < -0.39 is 11.9 Å². The number of nitriles is 1. The molecule has 2 aromatic carbocycles. The molecule has 1 aliphatic heterocycles. The molecule has 6 nitrogen and oxygen atoms in total. The van der Waals surface area contributed by atoms with Crippen LogP contribution >= 0.6 is 0 Å². The maximum absolute atomic E-state index is 14.0. The predicted octanol–water partition coefficient (Wildman–Crippen LogP) is 3.04. The van der Waals surface area contributed by atoms with Gasteiger partial charge < -0.3 is 20.2 Å². The third-order valence-corrected chi connectivity index (χ3v) is 5.27. The highest BCUT2D eigenvalue weighted by Gasteiger charge is 2.22. The van der Waals surface area contributed by atoms with Crippen molar-refractivity contribution in [1.82, 2.24) is 10.2 Å². The number of nitrogens with zero attached hydrogens (tertiary/aromatic N) is 3. The molecule has 7 heteroatoms. The number of phenolic OH excluding ortho intramolecular Hbond substituents is 1. The summed E-state index contributed by atoms with van der Waals surface area (Å²) in [6.45, 7) is 8.49. The molecule has 1 saturated heterocycles. The van der Waals surface area contributed by atoms with Crippen LogP contribution in [0.25, 0.3) is 0 Å². The summed E-state index contributed by atoms with van der Waals surface area (Å²) < 4.78 is 14.0. The van der Waals surface area contributed by atoms with Crippen molar-refractivity contribution in [2.75, 3.05) is 37.6 Å². The minimum absolute atomic E-state index is 0.151. The van der Waals surface area contributed by atoms with Crippen LogP contribution in [0.15, 0.2) is 36.4 Å². The number of piperazine rings is 1. The average molecular weight is 396 g/mol. The molecular formula is C22H25FN4O2. The van der Waals surface area contributed by atoms with E-state index in [0.717, 1.165) is 38.4 Å². The Labute approximate surface area is 170 Å². The molecule has 1 fully saturated rings. The topological polar surface area (TPSA) is 79.6 Å². The van der Waals surface area contributed by atoms with E-state index in [4.69, 9.17) is 5.26 Å². The fraction of sp³-hybridized carbons (Fsp3) is 0.364. The predicted molar refractivity (Wildman–Crippen MR) is 109 cm³/mol. The van der Waals surface area contributed by atoms with Crippen LogP contribution in [0.2, 0.25) is 0 Å². The monoisotopic (exact) mass is 396 g/mol. The van der Waals surface area contributed by atoms with E-state index in [1.165, 1.54) is 30.3 Å². The number of halogens is 1. The molecule has 2 aromatic rings. The van der Waals surface area contributed by atoms with Crippen LogP contribution in [0.1, 0.15) is 41.4 Å². The molecule has 0 aliphatic carbocycles. The first-order chi connectivity index (χ1) is 13.9. The second kappa shape index (κ2) is 8.93. The van der Waals surface area contributed by atoms with Gasteiger partial charge in [-0.15, -0.1) is 0 Å². The van der Waals surface area contributed by atoms with Gasteiger partial charge in [-0.1, -0.05) is 6.92 Å². The Hall–Kier alpha value is -3.11. The highest BCUT2D eigenvalue weighted by atomic mass is 19.1. The summed E-state index contributed by atoms with van der Waals surface area (Å²) in [5, 5.41) is 21.6. The quantitative estimate of drug-likeness (QED) is 0.812. The van der Waals surface area contributed by atoms with Gasteiger partial charge in [-0.05, 0) is 49.9 Å². The summed E-state index contributed by atoms with van der Waals surface area (Å²) in [6, 6.07) is 10.1. The number of carbonyl (C=O) groups excluding carboxylic acids is 1. The van der Waals surface area contributed by atoms with E-state index in [2.05, 4.69) is 22.0 Å². The molecule has 0 unspecified atom stereocenters. The molecule has 0 radical (unpaired) electrons. The Morgan fingerprint density at radius 1 is 1.24 bits per heavy atom. The van der Waals surface area contributed by atoms with Crippen molar-refractivity contribution in [2.24, 2.45) is 0 Å². The number of likely N-dealkylation sites (N-methyl/N-ethyl adjacent to an activating group) is 1. The minimum Gasteiger partial charge on any atom is -0.508 e. The Bertz CT molecular complexity index is 933. The summed E-state index contributed by atoms with van der Waals surface area (Å²) in [6.07, 6.45) is 0. The van der Waals surface area contributed by atoms with Gasteiger partial charge >= 0.3 is 0 Å². The van der Waals surface area contributed by atoms with E-state index in [1.807, 2.05) is 6.07 Å². The van der Waals surface area contributed by atoms with Crippen molar-refractivity contribution < 1.29 is 14.3 Å². The van der Waals surface area contributed by atoms with E-state index in [-0.39, 0.29) is 22.7 Å². The van der Waals surface area contributed by atoms with Crippen molar-refractivity contribution in [3.63, 3.8) is 0 Å². The first kappa shape index (κ1) is 20.6. The number of hydrogen-bond donors (Lipinski definition) is 2. The first-order valence-corrected chi connectivity index (χ1v) is 9.73. The lowest BCUT2D eigenvalue weighted by Gasteiger charge is -2.37. The average Bonchev–Trinajstić information content (AvgIpc) is 2.73. The molecule has 1 heterocycles. The number of amides is 1. The number of carbonyl (C=O) groups is 1. The Morgan fingerprint density at radius 3 is 2.62 bits per heavy atom. The zero-order valence-electron chi connectivity index (χ0n) is 16.7. The van der Waals surface area contributed by atoms with Crippen LogP contribution in [0.4, 0.5) is 10.1 Å². The molecule has 2 N–H and O–H groups in total. The van der Waals surface area contributed by atoms with Crippen LogP contribution in [0.5, 0.6) is 5.75 Å². The number of rotatable bonds is 5. The van der Waals surface area contributed by atoms with Gasteiger partial charge in [0.1, 0.15) is 11.6 Å². The number of hydrogen-bond acceptors (Lipinski definition) is 5. The fourth-order valence-electron chi connectivity index (χ4n) is 3.63. The third kappa shape index (κ3) is 4.84. The minimum atomic E-state index is -0.453. The normalized spacial score (nSPS) is 15.6. The van der Waals surface area contributed by atoms with E-state index in [9.17, 15) is 14.3 Å². The molecule has 0 saturated carbocycles. The Balaban J connectivity index is 1.81. The molecule has 29 heavy (non-hydrogen) atoms. The largest absolute Gasteiger partial charge is 0.508 e. The van der Waals surface area contributed by atoms with Gasteiger partial charge in [0.15, 0.2) is 0 Å². The van der Waals surface area contributed by atoms with Crippen LogP contribution in [-0.4, -0.2) is 48.6 Å². The second-order valence-corrected chi connectivity index (χ2v) is 7.20. The van der Waals surface area contributed by atoms with Crippen molar-refractivity contribution in [2.45, 2.75) is 19.9 Å². The number of nitrogens with one attached hydrogen (secondary N) is 1. The highest BCUT2D eigenvalue weighted by Crippen LogP contribution is 2.29. The Kier molecular flexibility index (Phi) is 6.35. The molecule has 3 rings (SSSR count). The summed E-state index contributed by atoms with van der Waals surface area (Å²) in [7, 11) is 0. The van der Waals surface area contributed by atoms with Crippen LogP contribution < -0.4 is 10.2 Å². The van der Waals surface area contributed by atoms with Gasteiger partial charge in [0.25, 0.3) is 5.91 Å². The molecule has 1 amide bonds. The molecule has 0 aromatic heterocycles. The van der Waals surface area contributed by atoms with Gasteiger partial charge in [0, 0.05) is 43.0 Å². The van der Waals surface area contributed by atoms with Gasteiger partial charge in [0.2, 0.25) is 0 Å². The second-order valence-electron chi connectivity index (χ2n) is 7.20. The number of phenols is 1. The third-order valence-electron chi connectivity index (χ3n) is 5.27. The summed E-state index contributed by atoms with van der Waals surface area (Å²) in [4.78, 5) is 17.2. The van der Waals surface area contributed by atoms with Gasteiger partial charge in [0.05, 0.1) is 17.7 Å². The van der Waals surface area contributed by atoms with Gasteiger partial charge in [-0.2, -0.15) is 5.26 Å². The van der Waals surface area contributed by atoms with Gasteiger partial charge in [-0.25, -0.2) is 4.39 Å². The number of aromatic hydroxyl groups is 1. The Morgan fingerprint density at radius 2 is 1.97 bits per heavy atom. The molecular weight excluding hydrogens is 371 g/mol. The van der Waals surface area contributed by atoms with E-state index in [1.54, 1.807) is 13.0 Å². The fourth-order valence-corrected chi connectivity index (χ4v) is 3.63. The first-order valence-electron chi connectivity index (χ1n) is 9.73. The summed E-state index contributed by atoms with van der Waals surface area (Å²) in [5.41, 5.74) is 1.98. The van der Waals surface area contributed by atoms with Crippen molar-refractivity contribution in [3.05, 3.63) is 58.9 Å². The lowest BCUT2D eigenvalue weighted by molar-refractivity contribution is 0.0939. The van der Waals surface area contributed by atoms with Crippen molar-refractivity contribution in [1.29, 1.82) is 5.26 Å². The zero-order chi connectivity index (χ0) is 21.0. The lowest BCUT2D eigenvalue weighted by atomic mass is 10.0. The van der Waals surface area contributed by atoms with Crippen LogP contribution in [0.3, 0.4) is 0 Å². The number of benzene rings is 2. The molecule has 1 atom stereocenters. The van der Waals surface area contributed by atoms with Crippen molar-refractivity contribution >= 4 is 11.6 Å². The molecule has 0 spiro atoms. The summed E-state index contributed by atoms with van der Waals surface area (Å²) in [5.74, 6) is -0.945. The molecule has 152 valence electrons. The van der Waals surface area contributed by atoms with Crippen LogP contribution in [0, 0.1) is 17.1 Å². The smallest absolute Gasteiger partial charge is 0.251 e. The van der Waals surface area contributed by atoms with Gasteiger partial charge in [-0.3, -0.25) is 4.79 Å². The molecule has 0 bridgehead atoms. The maximum atomic E-state index is 14.0. The molecule has 1 aliphatic rings. The zero-order valence-corrected chi connectivity index (χ0v) is 16.7. The standard InChI is InChI=1S/C22H25FN4O2/c1-3-26-6-8-27(9-7-26)21-5-4-18(23)13-20(21)15(2)25-22(29)17-10-16(14-24)11-19(28)12-17/h4-5,10-13,15,28H,3,6-9H2,1-2H3,(H,25,29)/t15-/m1/s1. The van der Waals surface area contributed by atoms with Crippen molar-refractivity contribution in [3.8, 4) is 11.8 Å².